The molecule has 184 valence electrons. The van der Waals surface area contributed by atoms with E-state index in [1.54, 1.807) is 6.26 Å². The van der Waals surface area contributed by atoms with E-state index in [9.17, 15) is 0 Å². The number of aryl methyl sites for hydroxylation is 2. The lowest BCUT2D eigenvalue weighted by molar-refractivity contribution is 0.391. The standard InChI is InChI=1S/C25H35N7O.HI/c1-3-23-29-24-13-12-20(19-32(24)30-23)28-25(27-16-14-22-11-7-18-33-22)26-15-8-17-31(2)21-9-5-4-6-10-21;/h4-7,9-11,18,20H,3,8,12-17,19H2,1-2H3,(H2,26,27,28);1H. The molecule has 0 aliphatic carbocycles. The topological polar surface area (TPSA) is 83.5 Å². The van der Waals surface area contributed by atoms with Crippen LogP contribution in [0.4, 0.5) is 5.69 Å². The molecule has 2 N–H and O–H groups in total. The fourth-order valence-corrected chi connectivity index (χ4v) is 4.04. The van der Waals surface area contributed by atoms with Crippen LogP contribution in [0.1, 0.15) is 37.2 Å². The number of rotatable bonds is 10. The van der Waals surface area contributed by atoms with Crippen LogP contribution in [0.3, 0.4) is 0 Å². The number of aliphatic imine (C=N–C) groups is 1. The Labute approximate surface area is 219 Å². The van der Waals surface area contributed by atoms with Crippen LogP contribution in [0.25, 0.3) is 0 Å². The van der Waals surface area contributed by atoms with E-state index >= 15 is 0 Å². The van der Waals surface area contributed by atoms with E-state index in [4.69, 9.17) is 9.41 Å². The highest BCUT2D eigenvalue weighted by Gasteiger charge is 2.22. The van der Waals surface area contributed by atoms with Crippen LogP contribution in [-0.2, 0) is 25.8 Å². The second-order valence-electron chi connectivity index (χ2n) is 8.46. The second kappa shape index (κ2) is 13.4. The van der Waals surface area contributed by atoms with Crippen molar-refractivity contribution in [1.29, 1.82) is 0 Å². The number of hydrogen-bond acceptors (Lipinski definition) is 5. The first-order chi connectivity index (χ1) is 16.2. The van der Waals surface area contributed by atoms with Gasteiger partial charge in [0.2, 0.25) is 0 Å². The Morgan fingerprint density at radius 2 is 2.09 bits per heavy atom. The Bertz CT molecular complexity index is 1000. The molecule has 34 heavy (non-hydrogen) atoms. The van der Waals surface area contributed by atoms with Crippen LogP contribution in [-0.4, -0.2) is 53.4 Å². The predicted octanol–water partition coefficient (Wildman–Crippen LogP) is 3.67. The third-order valence-electron chi connectivity index (χ3n) is 5.92. The minimum absolute atomic E-state index is 0. The second-order valence-corrected chi connectivity index (χ2v) is 8.46. The minimum atomic E-state index is 0. The van der Waals surface area contributed by atoms with Gasteiger partial charge in [0.05, 0.1) is 12.8 Å². The van der Waals surface area contributed by atoms with Crippen molar-refractivity contribution < 1.29 is 4.42 Å². The van der Waals surface area contributed by atoms with Crippen molar-refractivity contribution in [1.82, 2.24) is 25.4 Å². The average Bonchev–Trinajstić information content (AvgIpc) is 3.51. The van der Waals surface area contributed by atoms with Crippen molar-refractivity contribution in [2.24, 2.45) is 4.99 Å². The van der Waals surface area contributed by atoms with E-state index in [1.807, 2.05) is 18.2 Å². The first kappa shape index (κ1) is 26.1. The third-order valence-corrected chi connectivity index (χ3v) is 5.92. The molecule has 4 rings (SSSR count). The highest BCUT2D eigenvalue weighted by Crippen LogP contribution is 2.14. The van der Waals surface area contributed by atoms with Gasteiger partial charge in [0.1, 0.15) is 11.6 Å². The van der Waals surface area contributed by atoms with Crippen molar-refractivity contribution >= 4 is 35.6 Å². The fourth-order valence-electron chi connectivity index (χ4n) is 4.04. The maximum atomic E-state index is 5.46. The van der Waals surface area contributed by atoms with Crippen LogP contribution >= 0.6 is 24.0 Å². The molecule has 0 radical (unpaired) electrons. The van der Waals surface area contributed by atoms with Gasteiger partial charge in [0.25, 0.3) is 0 Å². The number of aromatic nitrogens is 3. The molecular weight excluding hydrogens is 541 g/mol. The number of nitrogens with zero attached hydrogens (tertiary/aromatic N) is 5. The summed E-state index contributed by atoms with van der Waals surface area (Å²) in [4.78, 5) is 11.8. The summed E-state index contributed by atoms with van der Waals surface area (Å²) in [6.45, 7) is 5.40. The van der Waals surface area contributed by atoms with Crippen molar-refractivity contribution in [3.8, 4) is 0 Å². The van der Waals surface area contributed by atoms with Crippen LogP contribution in [0, 0.1) is 0 Å². The zero-order valence-electron chi connectivity index (χ0n) is 20.1. The quantitative estimate of drug-likeness (QED) is 0.166. The maximum absolute atomic E-state index is 5.46. The maximum Gasteiger partial charge on any atom is 0.191 e. The lowest BCUT2D eigenvalue weighted by Crippen LogP contribution is -2.47. The lowest BCUT2D eigenvalue weighted by atomic mass is 10.1. The Hall–Kier alpha value is -2.56. The molecule has 8 nitrogen and oxygen atoms in total. The highest BCUT2D eigenvalue weighted by atomic mass is 127. The van der Waals surface area contributed by atoms with Gasteiger partial charge < -0.3 is 20.0 Å². The molecule has 2 aromatic heterocycles. The first-order valence-electron chi connectivity index (χ1n) is 12.0. The predicted molar refractivity (Wildman–Crippen MR) is 147 cm³/mol. The number of furan rings is 1. The van der Waals surface area contributed by atoms with Crippen LogP contribution in [0.15, 0.2) is 58.1 Å². The van der Waals surface area contributed by atoms with Crippen molar-refractivity contribution in [3.05, 3.63) is 66.1 Å². The number of benzene rings is 1. The molecule has 0 amide bonds. The normalized spacial score (nSPS) is 15.4. The Kier molecular flexibility index (Phi) is 10.2. The van der Waals surface area contributed by atoms with E-state index < -0.39 is 0 Å². The molecule has 0 saturated carbocycles. The van der Waals surface area contributed by atoms with Crippen LogP contribution in [0.5, 0.6) is 0 Å². The monoisotopic (exact) mass is 577 g/mol. The van der Waals surface area contributed by atoms with E-state index in [-0.39, 0.29) is 30.0 Å². The zero-order valence-corrected chi connectivity index (χ0v) is 22.4. The van der Waals surface area contributed by atoms with Crippen LogP contribution < -0.4 is 15.5 Å². The van der Waals surface area contributed by atoms with E-state index in [2.05, 4.69) is 68.5 Å². The third kappa shape index (κ3) is 7.48. The Balaban J connectivity index is 0.00000324. The summed E-state index contributed by atoms with van der Waals surface area (Å²) in [6, 6.07) is 14.7. The molecule has 1 aliphatic rings. The van der Waals surface area contributed by atoms with Gasteiger partial charge in [-0.05, 0) is 37.1 Å². The van der Waals surface area contributed by atoms with Crippen molar-refractivity contribution in [2.45, 2.75) is 51.6 Å². The number of nitrogens with one attached hydrogen (secondary N) is 2. The fraction of sp³-hybridized carbons (Fsp3) is 0.480. The smallest absolute Gasteiger partial charge is 0.191 e. The van der Waals surface area contributed by atoms with Gasteiger partial charge in [-0.25, -0.2) is 9.67 Å². The zero-order chi connectivity index (χ0) is 22.9. The van der Waals surface area contributed by atoms with Gasteiger partial charge in [-0.2, -0.15) is 5.10 Å². The molecule has 1 unspecified atom stereocenters. The minimum Gasteiger partial charge on any atom is -0.469 e. The summed E-state index contributed by atoms with van der Waals surface area (Å²) in [6.07, 6.45) is 6.35. The number of guanidine groups is 1. The van der Waals surface area contributed by atoms with Crippen molar-refractivity contribution in [2.75, 3.05) is 31.6 Å². The molecular formula is C25H36IN7O. The number of hydrogen-bond donors (Lipinski definition) is 2. The summed E-state index contributed by atoms with van der Waals surface area (Å²) < 4.78 is 7.51. The molecule has 0 fully saturated rings. The summed E-state index contributed by atoms with van der Waals surface area (Å²) >= 11 is 0. The van der Waals surface area contributed by atoms with E-state index in [0.29, 0.717) is 0 Å². The Morgan fingerprint density at radius 3 is 2.85 bits per heavy atom. The van der Waals surface area contributed by atoms with E-state index in [1.165, 1.54) is 5.69 Å². The molecule has 0 spiro atoms. The van der Waals surface area contributed by atoms with Gasteiger partial charge in [-0.15, -0.1) is 24.0 Å². The molecule has 1 aromatic carbocycles. The van der Waals surface area contributed by atoms with Crippen LogP contribution in [0.2, 0.25) is 0 Å². The molecule has 0 bridgehead atoms. The van der Waals surface area contributed by atoms with Gasteiger partial charge in [0, 0.05) is 57.7 Å². The lowest BCUT2D eigenvalue weighted by Gasteiger charge is -2.25. The SMILES string of the molecule is CCc1nc2n(n1)CC(NC(=NCCCN(C)c1ccccc1)NCCc1ccco1)CC2.I. The Morgan fingerprint density at radius 1 is 1.24 bits per heavy atom. The van der Waals surface area contributed by atoms with Gasteiger partial charge in [0.15, 0.2) is 11.8 Å². The largest absolute Gasteiger partial charge is 0.469 e. The molecule has 3 aromatic rings. The molecule has 1 aliphatic heterocycles. The number of fused-ring (bicyclic) bond motifs is 1. The average molecular weight is 578 g/mol. The summed E-state index contributed by atoms with van der Waals surface area (Å²) in [5.74, 6) is 3.85. The first-order valence-corrected chi connectivity index (χ1v) is 12.0. The number of para-hydroxylation sites is 1. The summed E-state index contributed by atoms with van der Waals surface area (Å²) in [5, 5.41) is 11.7. The molecule has 9 heteroatoms. The molecule has 3 heterocycles. The molecule has 1 atom stereocenters. The number of halogens is 1. The summed E-state index contributed by atoms with van der Waals surface area (Å²) in [7, 11) is 2.13. The van der Waals surface area contributed by atoms with Gasteiger partial charge >= 0.3 is 0 Å². The summed E-state index contributed by atoms with van der Waals surface area (Å²) in [5.41, 5.74) is 1.23. The highest BCUT2D eigenvalue weighted by molar-refractivity contribution is 14.0. The van der Waals surface area contributed by atoms with Gasteiger partial charge in [-0.1, -0.05) is 25.1 Å². The van der Waals surface area contributed by atoms with E-state index in [0.717, 1.165) is 81.7 Å². The number of anilines is 1. The molecule has 0 saturated heterocycles. The van der Waals surface area contributed by atoms with Crippen molar-refractivity contribution in [3.63, 3.8) is 0 Å². The van der Waals surface area contributed by atoms with Gasteiger partial charge in [-0.3, -0.25) is 4.99 Å².